The molecular formula is C9H14NO2+. The lowest BCUT2D eigenvalue weighted by Gasteiger charge is -1.87. The maximum Gasteiger partial charge on any atom is 0.312 e. The first-order valence-corrected chi connectivity index (χ1v) is 3.63. The van der Waals surface area contributed by atoms with Gasteiger partial charge in [-0.05, 0) is 19.9 Å². The lowest BCUT2D eigenvalue weighted by Crippen LogP contribution is -2.03. The van der Waals surface area contributed by atoms with Crippen LogP contribution in [0.15, 0.2) is 36.1 Å². The van der Waals surface area contributed by atoms with Crippen molar-refractivity contribution in [2.24, 2.45) is 0 Å². The van der Waals surface area contributed by atoms with Crippen LogP contribution in [0.2, 0.25) is 0 Å². The van der Waals surface area contributed by atoms with Crippen molar-refractivity contribution in [3.8, 4) is 0 Å². The standard InChI is InChI=1S/C9H14NO2/c1-5-9(10(11)12-4)7-6-8(2)3/h5-7H,2H2,1,3-4H3/q+1/b7-6-,9-5+. The van der Waals surface area contributed by atoms with Crippen molar-refractivity contribution in [2.45, 2.75) is 13.8 Å². The quantitative estimate of drug-likeness (QED) is 0.476. The zero-order valence-corrected chi connectivity index (χ0v) is 7.70. The van der Waals surface area contributed by atoms with E-state index < -0.39 is 0 Å². The molecule has 0 aliphatic heterocycles. The Labute approximate surface area is 72.6 Å². The lowest BCUT2D eigenvalue weighted by molar-refractivity contribution is -0.758. The van der Waals surface area contributed by atoms with E-state index in [1.165, 1.54) is 7.11 Å². The second kappa shape index (κ2) is 5.29. The van der Waals surface area contributed by atoms with Crippen LogP contribution in [0.3, 0.4) is 0 Å². The Balaban J connectivity index is 4.40. The summed E-state index contributed by atoms with van der Waals surface area (Å²) in [4.78, 5) is 15.8. The minimum Gasteiger partial charge on any atom is -0.230 e. The maximum atomic E-state index is 10.9. The van der Waals surface area contributed by atoms with Crippen LogP contribution in [0, 0.1) is 4.91 Å². The van der Waals surface area contributed by atoms with E-state index in [1.807, 2.05) is 6.92 Å². The van der Waals surface area contributed by atoms with Gasteiger partial charge in [0, 0.05) is 6.08 Å². The second-order valence-electron chi connectivity index (χ2n) is 2.33. The molecule has 0 aliphatic carbocycles. The van der Waals surface area contributed by atoms with Crippen LogP contribution < -0.4 is 0 Å². The fourth-order valence-electron chi connectivity index (χ4n) is 0.596. The molecule has 0 saturated carbocycles. The van der Waals surface area contributed by atoms with Gasteiger partial charge in [0.1, 0.15) is 0 Å². The molecule has 3 nitrogen and oxygen atoms in total. The predicted molar refractivity (Wildman–Crippen MR) is 48.3 cm³/mol. The lowest BCUT2D eigenvalue weighted by atomic mass is 10.3. The average molecular weight is 168 g/mol. The largest absolute Gasteiger partial charge is 0.312 e. The first-order chi connectivity index (χ1) is 5.61. The van der Waals surface area contributed by atoms with Gasteiger partial charge in [0.15, 0.2) is 7.11 Å². The van der Waals surface area contributed by atoms with Crippen molar-refractivity contribution in [1.82, 2.24) is 0 Å². The van der Waals surface area contributed by atoms with Crippen molar-refractivity contribution in [3.63, 3.8) is 0 Å². The van der Waals surface area contributed by atoms with Gasteiger partial charge < -0.3 is 0 Å². The van der Waals surface area contributed by atoms with Crippen LogP contribution in [0.25, 0.3) is 0 Å². The Kier molecular flexibility index (Phi) is 4.69. The van der Waals surface area contributed by atoms with Gasteiger partial charge in [0.25, 0.3) is 4.92 Å². The van der Waals surface area contributed by atoms with Crippen LogP contribution in [0.1, 0.15) is 13.8 Å². The number of hydrogen-bond acceptors (Lipinski definition) is 2. The molecule has 0 bridgehead atoms. The van der Waals surface area contributed by atoms with Gasteiger partial charge >= 0.3 is 5.70 Å². The third kappa shape index (κ3) is 3.71. The molecule has 0 aliphatic rings. The first kappa shape index (κ1) is 10.6. The molecule has 0 heterocycles. The summed E-state index contributed by atoms with van der Waals surface area (Å²) in [6.45, 7) is 7.29. The smallest absolute Gasteiger partial charge is 0.230 e. The molecule has 0 rings (SSSR count). The molecule has 0 aromatic carbocycles. The maximum absolute atomic E-state index is 10.9. The molecule has 0 fully saturated rings. The van der Waals surface area contributed by atoms with Crippen LogP contribution in [-0.4, -0.2) is 12.0 Å². The Morgan fingerprint density at radius 3 is 2.42 bits per heavy atom. The molecule has 0 N–H and O–H groups in total. The Hall–Kier alpha value is -1.38. The van der Waals surface area contributed by atoms with Gasteiger partial charge in [-0.3, -0.25) is 0 Å². The number of rotatable bonds is 4. The van der Waals surface area contributed by atoms with E-state index in [0.29, 0.717) is 10.6 Å². The summed E-state index contributed by atoms with van der Waals surface area (Å²) < 4.78 is 0. The molecule has 3 heteroatoms. The molecule has 0 unspecified atom stereocenters. The number of hydrogen-bond donors (Lipinski definition) is 0. The van der Waals surface area contributed by atoms with Crippen LogP contribution >= 0.6 is 0 Å². The summed E-state index contributed by atoms with van der Waals surface area (Å²) in [7, 11) is 1.32. The summed E-state index contributed by atoms with van der Waals surface area (Å²) in [5.74, 6) is 0. The van der Waals surface area contributed by atoms with Crippen LogP contribution in [-0.2, 0) is 4.84 Å². The normalized spacial score (nSPS) is 11.8. The monoisotopic (exact) mass is 168 g/mol. The fraction of sp³-hybridized carbons (Fsp3) is 0.333. The van der Waals surface area contributed by atoms with Crippen molar-refractivity contribution in [1.29, 1.82) is 0 Å². The third-order valence-corrected chi connectivity index (χ3v) is 1.21. The highest BCUT2D eigenvalue weighted by Gasteiger charge is 2.12. The number of allylic oxidation sites excluding steroid dienone is 4. The van der Waals surface area contributed by atoms with Crippen molar-refractivity contribution in [3.05, 3.63) is 41.0 Å². The van der Waals surface area contributed by atoms with Crippen LogP contribution in [0.4, 0.5) is 0 Å². The molecule has 66 valence electrons. The summed E-state index contributed by atoms with van der Waals surface area (Å²) >= 11 is 0. The average Bonchev–Trinajstić information content (AvgIpc) is 2.04. The molecule has 0 saturated heterocycles. The van der Waals surface area contributed by atoms with Gasteiger partial charge in [0.05, 0.1) is 4.91 Å². The molecule has 0 atom stereocenters. The highest BCUT2D eigenvalue weighted by molar-refractivity contribution is 5.19. The van der Waals surface area contributed by atoms with Gasteiger partial charge in [-0.1, -0.05) is 18.2 Å². The zero-order valence-electron chi connectivity index (χ0n) is 7.70. The third-order valence-electron chi connectivity index (χ3n) is 1.21. The van der Waals surface area contributed by atoms with Crippen molar-refractivity contribution >= 4 is 0 Å². The van der Waals surface area contributed by atoms with E-state index in [2.05, 4.69) is 11.4 Å². The van der Waals surface area contributed by atoms with Gasteiger partial charge in [-0.15, -0.1) is 0 Å². The van der Waals surface area contributed by atoms with E-state index >= 15 is 0 Å². The molecule has 0 spiro atoms. The SMILES string of the molecule is C=C(C)/C=C\C(=C/C)[N+](=O)OC. The van der Waals surface area contributed by atoms with Gasteiger partial charge in [0.2, 0.25) is 0 Å². The van der Waals surface area contributed by atoms with E-state index in [0.717, 1.165) is 5.57 Å². The summed E-state index contributed by atoms with van der Waals surface area (Å²) in [5, 5.41) is 0. The molecule has 0 aromatic heterocycles. The van der Waals surface area contributed by atoms with Crippen molar-refractivity contribution in [2.75, 3.05) is 7.11 Å². The fourth-order valence-corrected chi connectivity index (χ4v) is 0.596. The minimum absolute atomic E-state index is 0.444. The van der Waals surface area contributed by atoms with Crippen LogP contribution in [0.5, 0.6) is 0 Å². The van der Waals surface area contributed by atoms with Gasteiger partial charge in [-0.2, -0.15) is 0 Å². The number of nitrogens with zero attached hydrogens (tertiary/aromatic N) is 1. The second-order valence-corrected chi connectivity index (χ2v) is 2.33. The van der Waals surface area contributed by atoms with Crippen molar-refractivity contribution < 1.29 is 9.76 Å². The highest BCUT2D eigenvalue weighted by Crippen LogP contribution is 2.01. The van der Waals surface area contributed by atoms with E-state index in [9.17, 15) is 4.91 Å². The topological polar surface area (TPSA) is 29.3 Å². The summed E-state index contributed by atoms with van der Waals surface area (Å²) in [6, 6.07) is 0. The molecule has 0 aromatic rings. The Morgan fingerprint density at radius 1 is 1.50 bits per heavy atom. The van der Waals surface area contributed by atoms with E-state index in [1.54, 1.807) is 25.2 Å². The summed E-state index contributed by atoms with van der Waals surface area (Å²) in [5.41, 5.74) is 1.35. The molecular weight excluding hydrogens is 154 g/mol. The Morgan fingerprint density at radius 2 is 2.08 bits per heavy atom. The zero-order chi connectivity index (χ0) is 9.56. The molecule has 0 radical (unpaired) electrons. The minimum atomic E-state index is 0.444. The summed E-state index contributed by atoms with van der Waals surface area (Å²) in [6.07, 6.45) is 5.06. The van der Waals surface area contributed by atoms with E-state index in [4.69, 9.17) is 0 Å². The highest BCUT2D eigenvalue weighted by atomic mass is 16.8. The Bertz CT molecular complexity index is 239. The van der Waals surface area contributed by atoms with E-state index in [-0.39, 0.29) is 0 Å². The predicted octanol–water partition coefficient (Wildman–Crippen LogP) is 2.36. The first-order valence-electron chi connectivity index (χ1n) is 3.63. The molecule has 12 heavy (non-hydrogen) atoms. The molecule has 0 amide bonds. The van der Waals surface area contributed by atoms with Gasteiger partial charge in [-0.25, -0.2) is 4.84 Å².